The molecule has 1 N–H and O–H groups in total. The molecular weight excluding hydrogens is 230 g/mol. The van der Waals surface area contributed by atoms with Crippen LogP contribution in [0, 0.1) is 0 Å². The Morgan fingerprint density at radius 3 is 2.83 bits per heavy atom. The van der Waals surface area contributed by atoms with E-state index < -0.39 is 0 Å². The molecule has 0 spiro atoms. The van der Waals surface area contributed by atoms with Crippen LogP contribution in [0.2, 0.25) is 0 Å². The van der Waals surface area contributed by atoms with E-state index in [0.717, 1.165) is 45.3 Å². The van der Waals surface area contributed by atoms with Gasteiger partial charge in [-0.25, -0.2) is 4.79 Å². The summed E-state index contributed by atoms with van der Waals surface area (Å²) in [6.45, 7) is 4.98. The number of rotatable bonds is 3. The number of nitrogens with zero attached hydrogens (tertiary/aromatic N) is 2. The molecule has 2 rings (SSSR count). The third kappa shape index (κ3) is 2.94. The number of nitrogens with one attached hydrogen (secondary N) is 1. The number of carbonyl (C=O) groups is 2. The lowest BCUT2D eigenvalue weighted by atomic mass is 10.0. The summed E-state index contributed by atoms with van der Waals surface area (Å²) in [7, 11) is 0. The van der Waals surface area contributed by atoms with Crippen molar-refractivity contribution in [2.75, 3.05) is 26.2 Å². The van der Waals surface area contributed by atoms with Crippen LogP contribution >= 0.6 is 0 Å². The molecule has 0 saturated carbocycles. The van der Waals surface area contributed by atoms with Gasteiger partial charge in [-0.1, -0.05) is 0 Å². The Bertz CT molecular complexity index is 319. The molecule has 1 atom stereocenters. The SMILES string of the molecule is CCNC(=O)N1CCCCC1CN1CCCC1=O. The third-order valence-electron chi connectivity index (χ3n) is 3.82. The first kappa shape index (κ1) is 13.2. The zero-order valence-electron chi connectivity index (χ0n) is 11.2. The summed E-state index contributed by atoms with van der Waals surface area (Å²) in [6, 6.07) is 0.223. The molecule has 0 aliphatic carbocycles. The van der Waals surface area contributed by atoms with Crippen molar-refractivity contribution < 1.29 is 9.59 Å². The van der Waals surface area contributed by atoms with Gasteiger partial charge >= 0.3 is 6.03 Å². The van der Waals surface area contributed by atoms with Gasteiger partial charge in [-0.15, -0.1) is 0 Å². The first-order valence-electron chi connectivity index (χ1n) is 7.04. The molecule has 0 aromatic heterocycles. The standard InChI is InChI=1S/C13H23N3O2/c1-2-14-13(18)16-9-4-3-6-11(16)10-15-8-5-7-12(15)17/h11H,2-10H2,1H3,(H,14,18). The Hall–Kier alpha value is -1.26. The smallest absolute Gasteiger partial charge is 0.317 e. The number of carbonyl (C=O) groups excluding carboxylic acids is 2. The second-order valence-corrected chi connectivity index (χ2v) is 5.12. The molecular formula is C13H23N3O2. The largest absolute Gasteiger partial charge is 0.341 e. The average molecular weight is 253 g/mol. The van der Waals surface area contributed by atoms with Gasteiger partial charge in [0, 0.05) is 32.6 Å². The maximum Gasteiger partial charge on any atom is 0.317 e. The maximum absolute atomic E-state index is 12.0. The lowest BCUT2D eigenvalue weighted by Gasteiger charge is -2.37. The van der Waals surface area contributed by atoms with E-state index in [-0.39, 0.29) is 18.0 Å². The van der Waals surface area contributed by atoms with Gasteiger partial charge in [0.05, 0.1) is 6.04 Å². The lowest BCUT2D eigenvalue weighted by Crippen LogP contribution is -2.52. The van der Waals surface area contributed by atoms with E-state index in [0.29, 0.717) is 13.0 Å². The van der Waals surface area contributed by atoms with Crippen LogP contribution in [-0.4, -0.2) is 54.0 Å². The highest BCUT2D eigenvalue weighted by molar-refractivity contribution is 5.78. The average Bonchev–Trinajstić information content (AvgIpc) is 2.76. The summed E-state index contributed by atoms with van der Waals surface area (Å²) in [4.78, 5) is 27.5. The molecule has 2 aliphatic heterocycles. The van der Waals surface area contributed by atoms with Gasteiger partial charge in [0.15, 0.2) is 0 Å². The molecule has 0 radical (unpaired) electrons. The maximum atomic E-state index is 12.0. The molecule has 5 nitrogen and oxygen atoms in total. The minimum Gasteiger partial charge on any atom is -0.341 e. The predicted octanol–water partition coefficient (Wildman–Crippen LogP) is 1.19. The van der Waals surface area contributed by atoms with Crippen LogP contribution in [0.3, 0.4) is 0 Å². The van der Waals surface area contributed by atoms with Crippen molar-refractivity contribution in [3.63, 3.8) is 0 Å². The van der Waals surface area contributed by atoms with Crippen LogP contribution in [0.1, 0.15) is 39.0 Å². The Balaban J connectivity index is 1.94. The van der Waals surface area contributed by atoms with Crippen molar-refractivity contribution in [2.24, 2.45) is 0 Å². The molecule has 2 fully saturated rings. The highest BCUT2D eigenvalue weighted by Gasteiger charge is 2.30. The van der Waals surface area contributed by atoms with Crippen molar-refractivity contribution >= 4 is 11.9 Å². The zero-order valence-corrected chi connectivity index (χ0v) is 11.2. The molecule has 0 aromatic rings. The molecule has 0 bridgehead atoms. The quantitative estimate of drug-likeness (QED) is 0.821. The van der Waals surface area contributed by atoms with E-state index in [1.165, 1.54) is 0 Å². The van der Waals surface area contributed by atoms with E-state index >= 15 is 0 Å². The van der Waals surface area contributed by atoms with E-state index in [2.05, 4.69) is 5.32 Å². The Labute approximate surface area is 108 Å². The summed E-state index contributed by atoms with van der Waals surface area (Å²) in [5, 5.41) is 2.86. The minimum absolute atomic E-state index is 0.0221. The first-order chi connectivity index (χ1) is 8.72. The topological polar surface area (TPSA) is 52.7 Å². The Morgan fingerprint density at radius 2 is 2.17 bits per heavy atom. The van der Waals surface area contributed by atoms with Crippen molar-refractivity contribution in [1.82, 2.24) is 15.1 Å². The molecule has 18 heavy (non-hydrogen) atoms. The number of piperidine rings is 1. The number of hydrogen-bond donors (Lipinski definition) is 1. The third-order valence-corrected chi connectivity index (χ3v) is 3.82. The Morgan fingerprint density at radius 1 is 1.33 bits per heavy atom. The molecule has 3 amide bonds. The summed E-state index contributed by atoms with van der Waals surface area (Å²) in [5.74, 6) is 0.247. The van der Waals surface area contributed by atoms with Crippen LogP contribution in [0.15, 0.2) is 0 Å². The van der Waals surface area contributed by atoms with E-state index in [1.54, 1.807) is 0 Å². The van der Waals surface area contributed by atoms with Crippen LogP contribution in [0.25, 0.3) is 0 Å². The fraction of sp³-hybridized carbons (Fsp3) is 0.846. The van der Waals surface area contributed by atoms with Crippen LogP contribution in [0.5, 0.6) is 0 Å². The summed E-state index contributed by atoms with van der Waals surface area (Å²) < 4.78 is 0. The number of likely N-dealkylation sites (tertiary alicyclic amines) is 2. The summed E-state index contributed by atoms with van der Waals surface area (Å²) in [6.07, 6.45) is 4.88. The first-order valence-corrected chi connectivity index (χ1v) is 7.04. The van der Waals surface area contributed by atoms with Crippen molar-refractivity contribution in [2.45, 2.75) is 45.1 Å². The van der Waals surface area contributed by atoms with Gasteiger partial charge in [0.2, 0.25) is 5.91 Å². The second kappa shape index (κ2) is 6.07. The highest BCUT2D eigenvalue weighted by atomic mass is 16.2. The van der Waals surface area contributed by atoms with Crippen molar-refractivity contribution in [3.05, 3.63) is 0 Å². The van der Waals surface area contributed by atoms with E-state index in [1.807, 2.05) is 16.7 Å². The molecule has 102 valence electrons. The number of hydrogen-bond acceptors (Lipinski definition) is 2. The number of amides is 3. The Kier molecular flexibility index (Phi) is 4.44. The van der Waals surface area contributed by atoms with Gasteiger partial charge in [-0.3, -0.25) is 4.79 Å². The van der Waals surface area contributed by atoms with Gasteiger partial charge in [-0.05, 0) is 32.6 Å². The fourth-order valence-corrected chi connectivity index (χ4v) is 2.86. The molecule has 0 aromatic carbocycles. The van der Waals surface area contributed by atoms with Gasteiger partial charge < -0.3 is 15.1 Å². The van der Waals surface area contributed by atoms with Crippen molar-refractivity contribution in [3.8, 4) is 0 Å². The second-order valence-electron chi connectivity index (χ2n) is 5.12. The normalized spacial score (nSPS) is 24.5. The van der Waals surface area contributed by atoms with E-state index in [4.69, 9.17) is 0 Å². The predicted molar refractivity (Wildman–Crippen MR) is 69.2 cm³/mol. The van der Waals surface area contributed by atoms with Crippen LogP contribution in [-0.2, 0) is 4.79 Å². The highest BCUT2D eigenvalue weighted by Crippen LogP contribution is 2.20. The fourth-order valence-electron chi connectivity index (χ4n) is 2.86. The van der Waals surface area contributed by atoms with Gasteiger partial charge in [0.1, 0.15) is 0 Å². The van der Waals surface area contributed by atoms with Crippen LogP contribution in [0.4, 0.5) is 4.79 Å². The van der Waals surface area contributed by atoms with Crippen molar-refractivity contribution in [1.29, 1.82) is 0 Å². The molecule has 2 heterocycles. The monoisotopic (exact) mass is 253 g/mol. The van der Waals surface area contributed by atoms with Gasteiger partial charge in [-0.2, -0.15) is 0 Å². The summed E-state index contributed by atoms with van der Waals surface area (Å²) in [5.41, 5.74) is 0. The molecule has 1 unspecified atom stereocenters. The molecule has 2 aliphatic rings. The lowest BCUT2D eigenvalue weighted by molar-refractivity contribution is -0.128. The van der Waals surface area contributed by atoms with E-state index in [9.17, 15) is 9.59 Å². The minimum atomic E-state index is 0.0221. The number of urea groups is 1. The van der Waals surface area contributed by atoms with Gasteiger partial charge in [0.25, 0.3) is 0 Å². The summed E-state index contributed by atoms with van der Waals surface area (Å²) >= 11 is 0. The van der Waals surface area contributed by atoms with Crippen LogP contribution < -0.4 is 5.32 Å². The molecule has 5 heteroatoms. The zero-order chi connectivity index (χ0) is 13.0. The molecule has 2 saturated heterocycles.